The van der Waals surface area contributed by atoms with Crippen molar-refractivity contribution < 1.29 is 5.11 Å². The third-order valence-corrected chi connectivity index (χ3v) is 4.70. The summed E-state index contributed by atoms with van der Waals surface area (Å²) >= 11 is 0. The highest BCUT2D eigenvalue weighted by Gasteiger charge is 2.41. The first kappa shape index (κ1) is 13.1. The number of nitrogens with one attached hydrogen (secondary N) is 1. The van der Waals surface area contributed by atoms with Crippen LogP contribution >= 0.6 is 0 Å². The standard InChI is InChI=1S/C17H25NO/c1-17(19,15-5-3-2-4-6-15)12-18-11-16(13-7-8-13)14-9-10-14/h2-6,13-14,16,18-19H,7-12H2,1H3. The summed E-state index contributed by atoms with van der Waals surface area (Å²) in [6, 6.07) is 9.97. The molecule has 0 bridgehead atoms. The lowest BCUT2D eigenvalue weighted by Gasteiger charge is -2.26. The van der Waals surface area contributed by atoms with E-state index >= 15 is 0 Å². The molecule has 2 saturated carbocycles. The van der Waals surface area contributed by atoms with Gasteiger partial charge in [-0.1, -0.05) is 30.3 Å². The van der Waals surface area contributed by atoms with Crippen molar-refractivity contribution in [3.8, 4) is 0 Å². The molecule has 2 N–H and O–H groups in total. The summed E-state index contributed by atoms with van der Waals surface area (Å²) in [6.45, 7) is 3.63. The maximum atomic E-state index is 10.5. The van der Waals surface area contributed by atoms with E-state index in [1.54, 1.807) is 0 Å². The Balaban J connectivity index is 1.50. The van der Waals surface area contributed by atoms with E-state index in [0.717, 1.165) is 29.9 Å². The second-order valence-electron chi connectivity index (χ2n) is 6.61. The summed E-state index contributed by atoms with van der Waals surface area (Å²) in [5.41, 5.74) is 0.232. The molecular weight excluding hydrogens is 234 g/mol. The minimum absolute atomic E-state index is 0.646. The third-order valence-electron chi connectivity index (χ3n) is 4.70. The Hall–Kier alpha value is -0.860. The fraction of sp³-hybridized carbons (Fsp3) is 0.647. The predicted octanol–water partition coefficient (Wildman–Crippen LogP) is 2.92. The van der Waals surface area contributed by atoms with Gasteiger partial charge in [0.05, 0.1) is 5.60 Å². The van der Waals surface area contributed by atoms with Gasteiger partial charge in [-0.15, -0.1) is 0 Å². The summed E-state index contributed by atoms with van der Waals surface area (Å²) in [5, 5.41) is 14.1. The van der Waals surface area contributed by atoms with Gasteiger partial charge in [0, 0.05) is 6.54 Å². The Bertz CT molecular complexity index is 395. The lowest BCUT2D eigenvalue weighted by atomic mass is 9.94. The Morgan fingerprint density at radius 1 is 1.16 bits per heavy atom. The van der Waals surface area contributed by atoms with Crippen LogP contribution in [0.3, 0.4) is 0 Å². The summed E-state index contributed by atoms with van der Waals surface area (Å²) in [7, 11) is 0. The van der Waals surface area contributed by atoms with E-state index in [4.69, 9.17) is 0 Å². The van der Waals surface area contributed by atoms with Gasteiger partial charge in [0.1, 0.15) is 0 Å². The molecule has 19 heavy (non-hydrogen) atoms. The minimum atomic E-state index is -0.765. The van der Waals surface area contributed by atoms with E-state index < -0.39 is 5.60 Å². The maximum Gasteiger partial charge on any atom is 0.0992 e. The predicted molar refractivity (Wildman–Crippen MR) is 77.8 cm³/mol. The van der Waals surface area contributed by atoms with Gasteiger partial charge in [0.15, 0.2) is 0 Å². The molecule has 104 valence electrons. The molecule has 1 unspecified atom stereocenters. The zero-order valence-electron chi connectivity index (χ0n) is 11.8. The highest BCUT2D eigenvalue weighted by molar-refractivity contribution is 5.21. The van der Waals surface area contributed by atoms with Crippen LogP contribution < -0.4 is 5.32 Å². The van der Waals surface area contributed by atoms with Gasteiger partial charge in [-0.05, 0) is 62.5 Å². The van der Waals surface area contributed by atoms with Crippen LogP contribution in [0.1, 0.15) is 38.2 Å². The molecule has 0 amide bonds. The third kappa shape index (κ3) is 3.37. The number of aliphatic hydroxyl groups is 1. The van der Waals surface area contributed by atoms with Crippen molar-refractivity contribution in [3.63, 3.8) is 0 Å². The van der Waals surface area contributed by atoms with Crippen LogP contribution in [0.4, 0.5) is 0 Å². The summed E-state index contributed by atoms with van der Waals surface area (Å²) in [5.74, 6) is 2.81. The molecule has 0 heterocycles. The van der Waals surface area contributed by atoms with Crippen LogP contribution in [-0.4, -0.2) is 18.2 Å². The normalized spacial score (nSPS) is 22.5. The highest BCUT2D eigenvalue weighted by Crippen LogP contribution is 2.48. The van der Waals surface area contributed by atoms with E-state index in [-0.39, 0.29) is 0 Å². The Kier molecular flexibility index (Phi) is 3.64. The van der Waals surface area contributed by atoms with Gasteiger partial charge in [-0.2, -0.15) is 0 Å². The molecule has 2 heteroatoms. The number of hydrogen-bond acceptors (Lipinski definition) is 2. The van der Waals surface area contributed by atoms with Gasteiger partial charge >= 0.3 is 0 Å². The zero-order chi connectivity index (χ0) is 13.3. The fourth-order valence-electron chi connectivity index (χ4n) is 3.15. The second-order valence-corrected chi connectivity index (χ2v) is 6.61. The van der Waals surface area contributed by atoms with Crippen molar-refractivity contribution in [1.29, 1.82) is 0 Å². The van der Waals surface area contributed by atoms with Crippen LogP contribution in [0.5, 0.6) is 0 Å². The SMILES string of the molecule is CC(O)(CNCC(C1CC1)C1CC1)c1ccccc1. The number of hydrogen-bond donors (Lipinski definition) is 2. The van der Waals surface area contributed by atoms with Gasteiger partial charge in [-0.25, -0.2) is 0 Å². The van der Waals surface area contributed by atoms with Crippen LogP contribution in [-0.2, 0) is 5.60 Å². The molecule has 2 aliphatic carbocycles. The first-order valence-corrected chi connectivity index (χ1v) is 7.65. The Morgan fingerprint density at radius 2 is 1.74 bits per heavy atom. The molecule has 2 nitrogen and oxygen atoms in total. The molecular formula is C17H25NO. The average Bonchev–Trinajstić information content (AvgIpc) is 3.29. The van der Waals surface area contributed by atoms with E-state index in [2.05, 4.69) is 5.32 Å². The fourth-order valence-corrected chi connectivity index (χ4v) is 3.15. The molecule has 0 aromatic heterocycles. The van der Waals surface area contributed by atoms with E-state index in [9.17, 15) is 5.11 Å². The largest absolute Gasteiger partial charge is 0.384 e. The summed E-state index contributed by atoms with van der Waals surface area (Å²) in [6.07, 6.45) is 5.71. The van der Waals surface area contributed by atoms with Crippen molar-refractivity contribution in [2.75, 3.05) is 13.1 Å². The average molecular weight is 259 g/mol. The first-order chi connectivity index (χ1) is 9.17. The minimum Gasteiger partial charge on any atom is -0.384 e. The van der Waals surface area contributed by atoms with Gasteiger partial charge in [-0.3, -0.25) is 0 Å². The quantitative estimate of drug-likeness (QED) is 0.789. The van der Waals surface area contributed by atoms with Crippen molar-refractivity contribution >= 4 is 0 Å². The van der Waals surface area contributed by atoms with Crippen molar-refractivity contribution in [3.05, 3.63) is 35.9 Å². The van der Waals surface area contributed by atoms with Crippen molar-refractivity contribution in [2.24, 2.45) is 17.8 Å². The molecule has 1 aromatic carbocycles. The van der Waals surface area contributed by atoms with Crippen LogP contribution in [0, 0.1) is 17.8 Å². The maximum absolute atomic E-state index is 10.5. The van der Waals surface area contributed by atoms with E-state index in [1.165, 1.54) is 25.7 Å². The smallest absolute Gasteiger partial charge is 0.0992 e. The van der Waals surface area contributed by atoms with Gasteiger partial charge in [0.25, 0.3) is 0 Å². The van der Waals surface area contributed by atoms with Gasteiger partial charge < -0.3 is 10.4 Å². The molecule has 0 spiro atoms. The highest BCUT2D eigenvalue weighted by atomic mass is 16.3. The lowest BCUT2D eigenvalue weighted by molar-refractivity contribution is 0.0554. The van der Waals surface area contributed by atoms with Crippen molar-refractivity contribution in [1.82, 2.24) is 5.32 Å². The van der Waals surface area contributed by atoms with Crippen LogP contribution in [0.15, 0.2) is 30.3 Å². The molecule has 0 aliphatic heterocycles. The number of benzene rings is 1. The molecule has 2 aliphatic rings. The molecule has 2 fully saturated rings. The second kappa shape index (κ2) is 5.26. The molecule has 1 atom stereocenters. The van der Waals surface area contributed by atoms with Crippen LogP contribution in [0.2, 0.25) is 0 Å². The van der Waals surface area contributed by atoms with E-state index in [0.29, 0.717) is 6.54 Å². The van der Waals surface area contributed by atoms with E-state index in [1.807, 2.05) is 37.3 Å². The molecule has 0 saturated heterocycles. The topological polar surface area (TPSA) is 32.3 Å². The van der Waals surface area contributed by atoms with Crippen molar-refractivity contribution in [2.45, 2.75) is 38.2 Å². The zero-order valence-corrected chi connectivity index (χ0v) is 11.8. The molecule has 0 radical (unpaired) electrons. The van der Waals surface area contributed by atoms with Gasteiger partial charge in [0.2, 0.25) is 0 Å². The lowest BCUT2D eigenvalue weighted by Crippen LogP contribution is -2.38. The number of rotatable bonds is 7. The Morgan fingerprint density at radius 3 is 2.26 bits per heavy atom. The van der Waals surface area contributed by atoms with Crippen LogP contribution in [0.25, 0.3) is 0 Å². The monoisotopic (exact) mass is 259 g/mol. The Labute approximate surface area is 116 Å². The summed E-state index contributed by atoms with van der Waals surface area (Å²) in [4.78, 5) is 0. The first-order valence-electron chi connectivity index (χ1n) is 7.65. The summed E-state index contributed by atoms with van der Waals surface area (Å²) < 4.78 is 0. The molecule has 1 aromatic rings. The molecule has 3 rings (SSSR count).